The standard InChI is InChI=1S/C13H16BrN3O/c1-9-6-12(15-7-11(9)14)16-4-5-17-10(8-16)2-3-13(17)18/h6-7,10H,2-5,8H2,1H3. The molecule has 1 aromatic rings. The van der Waals surface area contributed by atoms with E-state index in [-0.39, 0.29) is 0 Å². The van der Waals surface area contributed by atoms with Crippen molar-refractivity contribution < 1.29 is 4.79 Å². The zero-order chi connectivity index (χ0) is 12.7. The van der Waals surface area contributed by atoms with Gasteiger partial charge in [0.1, 0.15) is 5.82 Å². The Morgan fingerprint density at radius 3 is 3.06 bits per heavy atom. The molecular formula is C13H16BrN3O. The van der Waals surface area contributed by atoms with Crippen LogP contribution in [0.1, 0.15) is 18.4 Å². The lowest BCUT2D eigenvalue weighted by Gasteiger charge is -2.38. The van der Waals surface area contributed by atoms with E-state index < -0.39 is 0 Å². The molecule has 0 saturated carbocycles. The van der Waals surface area contributed by atoms with Crippen LogP contribution in [0, 0.1) is 6.92 Å². The number of aromatic nitrogens is 1. The minimum Gasteiger partial charge on any atom is -0.353 e. The third-order valence-electron chi connectivity index (χ3n) is 3.85. The van der Waals surface area contributed by atoms with Gasteiger partial charge in [-0.05, 0) is 40.9 Å². The number of rotatable bonds is 1. The predicted octanol–water partition coefficient (Wildman–Crippen LogP) is 1.96. The van der Waals surface area contributed by atoms with Gasteiger partial charge in [-0.1, -0.05) is 0 Å². The second kappa shape index (κ2) is 4.53. The Bertz CT molecular complexity index is 491. The van der Waals surface area contributed by atoms with Crippen molar-refractivity contribution >= 4 is 27.7 Å². The number of nitrogens with zero attached hydrogens (tertiary/aromatic N) is 3. The molecule has 0 radical (unpaired) electrons. The van der Waals surface area contributed by atoms with Gasteiger partial charge < -0.3 is 9.80 Å². The number of hydrogen-bond donors (Lipinski definition) is 0. The van der Waals surface area contributed by atoms with Crippen LogP contribution in [0.5, 0.6) is 0 Å². The van der Waals surface area contributed by atoms with E-state index in [9.17, 15) is 4.79 Å². The maximum absolute atomic E-state index is 11.6. The van der Waals surface area contributed by atoms with Crippen LogP contribution in [0.15, 0.2) is 16.7 Å². The molecule has 5 heteroatoms. The Kier molecular flexibility index (Phi) is 3.01. The summed E-state index contributed by atoms with van der Waals surface area (Å²) in [5.41, 5.74) is 1.20. The van der Waals surface area contributed by atoms with Gasteiger partial charge in [0.25, 0.3) is 0 Å². The van der Waals surface area contributed by atoms with E-state index in [0.29, 0.717) is 18.4 Å². The van der Waals surface area contributed by atoms with Gasteiger partial charge in [0, 0.05) is 42.8 Å². The van der Waals surface area contributed by atoms with Crippen LogP contribution in [-0.2, 0) is 4.79 Å². The van der Waals surface area contributed by atoms with Crippen molar-refractivity contribution in [3.8, 4) is 0 Å². The van der Waals surface area contributed by atoms with Gasteiger partial charge >= 0.3 is 0 Å². The van der Waals surface area contributed by atoms with E-state index in [1.54, 1.807) is 0 Å². The molecular weight excluding hydrogens is 294 g/mol. The Hall–Kier alpha value is -1.10. The van der Waals surface area contributed by atoms with Crippen molar-refractivity contribution in [2.75, 3.05) is 24.5 Å². The Morgan fingerprint density at radius 1 is 1.44 bits per heavy atom. The van der Waals surface area contributed by atoms with Gasteiger partial charge in [-0.3, -0.25) is 4.79 Å². The molecule has 3 heterocycles. The topological polar surface area (TPSA) is 36.4 Å². The highest BCUT2D eigenvalue weighted by Gasteiger charge is 2.35. The van der Waals surface area contributed by atoms with E-state index in [4.69, 9.17) is 0 Å². The van der Waals surface area contributed by atoms with Gasteiger partial charge in [-0.15, -0.1) is 0 Å². The summed E-state index contributed by atoms with van der Waals surface area (Å²) in [5.74, 6) is 1.34. The normalized spacial score (nSPS) is 23.4. The number of amides is 1. The fourth-order valence-corrected chi connectivity index (χ4v) is 2.99. The first-order valence-corrected chi connectivity index (χ1v) is 7.11. The molecule has 96 valence electrons. The third kappa shape index (κ3) is 2.00. The molecule has 4 nitrogen and oxygen atoms in total. The van der Waals surface area contributed by atoms with E-state index in [2.05, 4.69) is 38.8 Å². The molecule has 1 unspecified atom stereocenters. The van der Waals surface area contributed by atoms with Crippen LogP contribution >= 0.6 is 15.9 Å². The van der Waals surface area contributed by atoms with Crippen LogP contribution in [-0.4, -0.2) is 41.5 Å². The first-order chi connectivity index (χ1) is 8.65. The van der Waals surface area contributed by atoms with Crippen molar-refractivity contribution in [2.24, 2.45) is 0 Å². The zero-order valence-electron chi connectivity index (χ0n) is 10.4. The minimum absolute atomic E-state index is 0.319. The number of pyridine rings is 1. The van der Waals surface area contributed by atoms with E-state index in [0.717, 1.165) is 36.3 Å². The van der Waals surface area contributed by atoms with Crippen molar-refractivity contribution in [2.45, 2.75) is 25.8 Å². The SMILES string of the molecule is Cc1cc(N2CCN3C(=O)CCC3C2)ncc1Br. The maximum Gasteiger partial charge on any atom is 0.223 e. The molecule has 0 aromatic carbocycles. The van der Waals surface area contributed by atoms with Crippen LogP contribution in [0.2, 0.25) is 0 Å². The zero-order valence-corrected chi connectivity index (χ0v) is 12.0. The second-order valence-electron chi connectivity index (χ2n) is 5.02. The maximum atomic E-state index is 11.6. The van der Waals surface area contributed by atoms with E-state index >= 15 is 0 Å². The number of fused-ring (bicyclic) bond motifs is 1. The smallest absolute Gasteiger partial charge is 0.223 e. The van der Waals surface area contributed by atoms with Gasteiger partial charge in [-0.2, -0.15) is 0 Å². The van der Waals surface area contributed by atoms with Gasteiger partial charge in [-0.25, -0.2) is 4.98 Å². The summed E-state index contributed by atoms with van der Waals surface area (Å²) < 4.78 is 1.04. The lowest BCUT2D eigenvalue weighted by atomic mass is 10.1. The number of anilines is 1. The monoisotopic (exact) mass is 309 g/mol. The summed E-state index contributed by atoms with van der Waals surface area (Å²) in [6.45, 7) is 4.71. The molecule has 2 fully saturated rings. The van der Waals surface area contributed by atoms with Crippen LogP contribution in [0.4, 0.5) is 5.82 Å². The fraction of sp³-hybridized carbons (Fsp3) is 0.538. The molecule has 18 heavy (non-hydrogen) atoms. The largest absolute Gasteiger partial charge is 0.353 e. The van der Waals surface area contributed by atoms with E-state index in [1.807, 2.05) is 11.1 Å². The average Bonchev–Trinajstić information content (AvgIpc) is 2.74. The highest BCUT2D eigenvalue weighted by Crippen LogP contribution is 2.26. The molecule has 2 saturated heterocycles. The first kappa shape index (κ1) is 12.0. The lowest BCUT2D eigenvalue weighted by Crippen LogP contribution is -2.51. The lowest BCUT2D eigenvalue weighted by molar-refractivity contribution is -0.129. The fourth-order valence-electron chi connectivity index (χ4n) is 2.77. The number of carbonyl (C=O) groups excluding carboxylic acids is 1. The van der Waals surface area contributed by atoms with Crippen LogP contribution in [0.3, 0.4) is 0 Å². The van der Waals surface area contributed by atoms with Gasteiger partial charge in [0.15, 0.2) is 0 Å². The molecule has 1 aromatic heterocycles. The number of carbonyl (C=O) groups is 1. The Labute approximate surface area is 115 Å². The average molecular weight is 310 g/mol. The number of hydrogen-bond acceptors (Lipinski definition) is 3. The molecule has 0 spiro atoms. The summed E-state index contributed by atoms with van der Waals surface area (Å²) in [6, 6.07) is 2.49. The van der Waals surface area contributed by atoms with E-state index in [1.165, 1.54) is 5.56 Å². The second-order valence-corrected chi connectivity index (χ2v) is 5.87. The van der Waals surface area contributed by atoms with Gasteiger partial charge in [0.05, 0.1) is 0 Å². The Balaban J connectivity index is 1.78. The molecule has 1 amide bonds. The molecule has 2 aliphatic heterocycles. The summed E-state index contributed by atoms with van der Waals surface area (Å²) in [6.07, 6.45) is 3.56. The van der Waals surface area contributed by atoms with Crippen LogP contribution < -0.4 is 4.90 Å². The molecule has 2 aliphatic rings. The molecule has 3 rings (SSSR count). The highest BCUT2D eigenvalue weighted by atomic mass is 79.9. The third-order valence-corrected chi connectivity index (χ3v) is 4.68. The number of aryl methyl sites for hydroxylation is 1. The van der Waals surface area contributed by atoms with Crippen molar-refractivity contribution in [3.05, 3.63) is 22.3 Å². The van der Waals surface area contributed by atoms with Crippen molar-refractivity contribution in [1.29, 1.82) is 0 Å². The predicted molar refractivity (Wildman–Crippen MR) is 73.6 cm³/mol. The summed E-state index contributed by atoms with van der Waals surface area (Å²) in [4.78, 5) is 20.4. The summed E-state index contributed by atoms with van der Waals surface area (Å²) >= 11 is 3.47. The highest BCUT2D eigenvalue weighted by molar-refractivity contribution is 9.10. The number of piperazine rings is 1. The molecule has 0 bridgehead atoms. The minimum atomic E-state index is 0.319. The van der Waals surface area contributed by atoms with Crippen molar-refractivity contribution in [1.82, 2.24) is 9.88 Å². The molecule has 1 atom stereocenters. The first-order valence-electron chi connectivity index (χ1n) is 6.32. The van der Waals surface area contributed by atoms with Gasteiger partial charge in [0.2, 0.25) is 5.91 Å². The Morgan fingerprint density at radius 2 is 2.28 bits per heavy atom. The quantitative estimate of drug-likeness (QED) is 0.796. The summed E-state index contributed by atoms with van der Waals surface area (Å²) in [5, 5.41) is 0. The van der Waals surface area contributed by atoms with Crippen LogP contribution in [0.25, 0.3) is 0 Å². The van der Waals surface area contributed by atoms with Crippen molar-refractivity contribution in [3.63, 3.8) is 0 Å². The summed E-state index contributed by atoms with van der Waals surface area (Å²) in [7, 11) is 0. The molecule has 0 N–H and O–H groups in total. The number of halogens is 1. The molecule has 0 aliphatic carbocycles.